The van der Waals surface area contributed by atoms with Crippen molar-refractivity contribution in [1.29, 1.82) is 0 Å². The molecule has 4 aromatic heterocycles. The molecule has 1 fully saturated rings. The first-order valence-corrected chi connectivity index (χ1v) is 9.40. The molecule has 0 aliphatic heterocycles. The van der Waals surface area contributed by atoms with Gasteiger partial charge in [0.1, 0.15) is 17.0 Å². The highest BCUT2D eigenvalue weighted by Crippen LogP contribution is 2.32. The number of aromatic amines is 1. The Morgan fingerprint density at radius 3 is 2.96 bits per heavy atom. The van der Waals surface area contributed by atoms with E-state index in [1.807, 2.05) is 35.1 Å². The summed E-state index contributed by atoms with van der Waals surface area (Å²) >= 11 is 0. The zero-order valence-corrected chi connectivity index (χ0v) is 15.0. The summed E-state index contributed by atoms with van der Waals surface area (Å²) in [5.41, 5.74) is 2.59. The normalized spacial score (nSPS) is 16.8. The minimum absolute atomic E-state index is 0.267. The molecule has 6 nitrogen and oxygen atoms in total. The first-order chi connectivity index (χ1) is 13.2. The van der Waals surface area contributed by atoms with Crippen LogP contribution >= 0.6 is 0 Å². The van der Waals surface area contributed by atoms with Crippen molar-refractivity contribution in [3.63, 3.8) is 0 Å². The average molecular weight is 364 g/mol. The molecule has 4 aromatic rings. The summed E-state index contributed by atoms with van der Waals surface area (Å²) in [6, 6.07) is 4.02. The first-order valence-electron chi connectivity index (χ1n) is 9.40. The van der Waals surface area contributed by atoms with Gasteiger partial charge < -0.3 is 14.7 Å². The van der Waals surface area contributed by atoms with Crippen molar-refractivity contribution in [2.45, 2.75) is 37.8 Å². The molecule has 0 spiro atoms. The lowest BCUT2D eigenvalue weighted by Crippen LogP contribution is -2.34. The highest BCUT2D eigenvalue weighted by Gasteiger charge is 2.31. The van der Waals surface area contributed by atoms with Crippen LogP contribution in [0.15, 0.2) is 43.1 Å². The third kappa shape index (κ3) is 3.03. The van der Waals surface area contributed by atoms with E-state index >= 15 is 0 Å². The molecule has 27 heavy (non-hydrogen) atoms. The Kier molecular flexibility index (Phi) is 3.81. The number of halogens is 1. The monoisotopic (exact) mass is 364 g/mol. The van der Waals surface area contributed by atoms with Gasteiger partial charge >= 0.3 is 0 Å². The van der Waals surface area contributed by atoms with Crippen LogP contribution in [0.25, 0.3) is 27.8 Å². The quantitative estimate of drug-likeness (QED) is 0.564. The molecule has 0 aromatic carbocycles. The van der Waals surface area contributed by atoms with Crippen LogP contribution in [-0.4, -0.2) is 36.6 Å². The summed E-state index contributed by atoms with van der Waals surface area (Å²) in [5.74, 6) is 0.462. The van der Waals surface area contributed by atoms with Gasteiger partial charge in [-0.25, -0.2) is 14.4 Å². The highest BCUT2D eigenvalue weighted by molar-refractivity contribution is 5.93. The van der Waals surface area contributed by atoms with E-state index in [1.54, 1.807) is 12.4 Å². The van der Waals surface area contributed by atoms with E-state index in [9.17, 15) is 4.39 Å². The molecule has 2 N–H and O–H groups in total. The second kappa shape index (κ2) is 6.33. The minimum atomic E-state index is -1.14. The molecule has 1 saturated carbocycles. The van der Waals surface area contributed by atoms with Gasteiger partial charge in [-0.05, 0) is 25.0 Å². The summed E-state index contributed by atoms with van der Waals surface area (Å²) in [5, 5.41) is 4.02. The highest BCUT2D eigenvalue weighted by atomic mass is 19.1. The molecule has 0 amide bonds. The van der Waals surface area contributed by atoms with Crippen molar-refractivity contribution >= 4 is 22.6 Å². The molecule has 0 unspecified atom stereocenters. The van der Waals surface area contributed by atoms with Crippen LogP contribution < -0.4 is 5.32 Å². The maximum Gasteiger partial charge on any atom is 0.224 e. The van der Waals surface area contributed by atoms with Gasteiger partial charge in [-0.3, -0.25) is 0 Å². The molecule has 1 aliphatic carbocycles. The van der Waals surface area contributed by atoms with E-state index in [0.717, 1.165) is 47.1 Å². The van der Waals surface area contributed by atoms with Crippen LogP contribution in [0, 0.1) is 0 Å². The van der Waals surface area contributed by atoms with Gasteiger partial charge in [-0.1, -0.05) is 19.3 Å². The number of hydrogen-bond acceptors (Lipinski definition) is 4. The minimum Gasteiger partial charge on any atom is -0.351 e. The van der Waals surface area contributed by atoms with E-state index in [1.165, 1.54) is 0 Å². The number of nitrogens with one attached hydrogen (secondary N) is 2. The van der Waals surface area contributed by atoms with Crippen molar-refractivity contribution in [2.24, 2.45) is 0 Å². The summed E-state index contributed by atoms with van der Waals surface area (Å²) < 4.78 is 16.7. The van der Waals surface area contributed by atoms with Crippen LogP contribution in [0.5, 0.6) is 0 Å². The Labute approximate surface area is 155 Å². The first kappa shape index (κ1) is 16.2. The van der Waals surface area contributed by atoms with Crippen molar-refractivity contribution in [3.8, 4) is 11.1 Å². The number of rotatable bonds is 4. The molecule has 0 bridgehead atoms. The standard InChI is InChI=1S/C20H21FN6/c21-20(6-2-1-3-7-20)13-25-19-24-11-16-15(10-23-18(16)26-19)14-4-5-17-22-8-9-27(17)12-14/h4-5,8-12H,1-3,6-7,13H2,(H2,23,24,25,26). The number of anilines is 1. The second-order valence-corrected chi connectivity index (χ2v) is 7.33. The zero-order chi connectivity index (χ0) is 18.3. The number of nitrogens with zero attached hydrogens (tertiary/aromatic N) is 4. The predicted molar refractivity (Wildman–Crippen MR) is 103 cm³/mol. The summed E-state index contributed by atoms with van der Waals surface area (Å²) in [6.45, 7) is 0.267. The van der Waals surface area contributed by atoms with E-state index in [0.29, 0.717) is 18.8 Å². The Balaban J connectivity index is 1.40. The number of H-pyrrole nitrogens is 1. The van der Waals surface area contributed by atoms with Crippen molar-refractivity contribution in [1.82, 2.24) is 24.3 Å². The Morgan fingerprint density at radius 2 is 2.07 bits per heavy atom. The molecular weight excluding hydrogens is 343 g/mol. The van der Waals surface area contributed by atoms with Gasteiger partial charge in [-0.15, -0.1) is 0 Å². The molecule has 138 valence electrons. The van der Waals surface area contributed by atoms with Gasteiger partial charge in [-0.2, -0.15) is 4.98 Å². The molecule has 7 heteroatoms. The van der Waals surface area contributed by atoms with E-state index in [2.05, 4.69) is 25.3 Å². The topological polar surface area (TPSA) is 70.9 Å². The van der Waals surface area contributed by atoms with Crippen LogP contribution in [0.3, 0.4) is 0 Å². The van der Waals surface area contributed by atoms with Crippen LogP contribution in [-0.2, 0) is 0 Å². The predicted octanol–water partition coefficient (Wildman–Crippen LogP) is 4.36. The largest absolute Gasteiger partial charge is 0.351 e. The molecule has 0 radical (unpaired) electrons. The Bertz CT molecular complexity index is 1090. The van der Waals surface area contributed by atoms with E-state index in [-0.39, 0.29) is 6.54 Å². The van der Waals surface area contributed by atoms with Gasteiger partial charge in [0.2, 0.25) is 5.95 Å². The molecule has 4 heterocycles. The molecular formula is C20H21FN6. The van der Waals surface area contributed by atoms with E-state index < -0.39 is 5.67 Å². The third-order valence-corrected chi connectivity index (χ3v) is 5.44. The van der Waals surface area contributed by atoms with Crippen LogP contribution in [0.4, 0.5) is 10.3 Å². The number of hydrogen-bond donors (Lipinski definition) is 2. The maximum absolute atomic E-state index is 14.8. The zero-order valence-electron chi connectivity index (χ0n) is 15.0. The molecule has 0 saturated heterocycles. The second-order valence-electron chi connectivity index (χ2n) is 7.33. The fraction of sp³-hybridized carbons (Fsp3) is 0.350. The Morgan fingerprint density at radius 1 is 1.19 bits per heavy atom. The average Bonchev–Trinajstić information content (AvgIpc) is 3.32. The number of alkyl halides is 1. The number of fused-ring (bicyclic) bond motifs is 2. The van der Waals surface area contributed by atoms with Gasteiger partial charge in [0.25, 0.3) is 0 Å². The number of imidazole rings is 1. The Hall–Kier alpha value is -2.96. The van der Waals surface area contributed by atoms with Gasteiger partial charge in [0.15, 0.2) is 0 Å². The fourth-order valence-electron chi connectivity index (χ4n) is 3.91. The molecule has 1 aliphatic rings. The number of pyridine rings is 1. The lowest BCUT2D eigenvalue weighted by molar-refractivity contribution is 0.122. The third-order valence-electron chi connectivity index (χ3n) is 5.44. The molecule has 5 rings (SSSR count). The van der Waals surface area contributed by atoms with Crippen molar-refractivity contribution in [2.75, 3.05) is 11.9 Å². The van der Waals surface area contributed by atoms with Gasteiger partial charge in [0.05, 0.1) is 6.54 Å². The SMILES string of the molecule is FC1(CNc2ncc3c(-c4ccc5nccn5c4)c[nH]c3n2)CCCCC1. The summed E-state index contributed by atoms with van der Waals surface area (Å²) in [4.78, 5) is 16.4. The van der Waals surface area contributed by atoms with Crippen molar-refractivity contribution < 1.29 is 4.39 Å². The number of aromatic nitrogens is 5. The van der Waals surface area contributed by atoms with Crippen molar-refractivity contribution in [3.05, 3.63) is 43.1 Å². The molecule has 0 atom stereocenters. The lowest BCUT2D eigenvalue weighted by atomic mass is 9.86. The summed E-state index contributed by atoms with van der Waals surface area (Å²) in [6.07, 6.45) is 13.7. The lowest BCUT2D eigenvalue weighted by Gasteiger charge is -2.29. The fourth-order valence-corrected chi connectivity index (χ4v) is 3.91. The van der Waals surface area contributed by atoms with Crippen LogP contribution in [0.1, 0.15) is 32.1 Å². The van der Waals surface area contributed by atoms with Crippen LogP contribution in [0.2, 0.25) is 0 Å². The van der Waals surface area contributed by atoms with Gasteiger partial charge in [0, 0.05) is 47.5 Å². The summed E-state index contributed by atoms with van der Waals surface area (Å²) in [7, 11) is 0. The van der Waals surface area contributed by atoms with E-state index in [4.69, 9.17) is 0 Å². The smallest absolute Gasteiger partial charge is 0.224 e. The maximum atomic E-state index is 14.8.